The average Bonchev–Trinajstić information content (AvgIpc) is 3.28. The highest BCUT2D eigenvalue weighted by Crippen LogP contribution is 2.18. The van der Waals surface area contributed by atoms with Crippen LogP contribution in [0.2, 0.25) is 0 Å². The second-order valence-electron chi connectivity index (χ2n) is 7.78. The summed E-state index contributed by atoms with van der Waals surface area (Å²) in [4.78, 5) is 39.2. The van der Waals surface area contributed by atoms with E-state index in [0.29, 0.717) is 21.6 Å². The molecule has 0 bridgehead atoms. The van der Waals surface area contributed by atoms with E-state index < -0.39 is 5.69 Å². The van der Waals surface area contributed by atoms with Crippen LogP contribution in [0.15, 0.2) is 69.6 Å². The van der Waals surface area contributed by atoms with Gasteiger partial charge in [-0.05, 0) is 60.5 Å². The van der Waals surface area contributed by atoms with Crippen molar-refractivity contribution in [3.8, 4) is 5.69 Å². The molecule has 2 aromatic carbocycles. The van der Waals surface area contributed by atoms with Gasteiger partial charge in [0.25, 0.3) is 5.56 Å². The van der Waals surface area contributed by atoms with Gasteiger partial charge < -0.3 is 5.32 Å². The lowest BCUT2D eigenvalue weighted by Crippen LogP contribution is -2.40. The molecule has 0 aliphatic heterocycles. The molecule has 0 saturated heterocycles. The number of fused-ring (bicyclic) bond motifs is 1. The lowest BCUT2D eigenvalue weighted by Gasteiger charge is -2.14. The molecule has 1 amide bonds. The number of thiophene rings is 1. The number of nitrogens with zero attached hydrogens (tertiary/aromatic N) is 2. The van der Waals surface area contributed by atoms with E-state index in [4.69, 9.17) is 0 Å². The second kappa shape index (κ2) is 9.36. The number of para-hydroxylation sites is 1. The Morgan fingerprint density at radius 3 is 2.50 bits per heavy atom. The van der Waals surface area contributed by atoms with Crippen LogP contribution in [0.3, 0.4) is 0 Å². The molecule has 0 radical (unpaired) electrons. The van der Waals surface area contributed by atoms with Crippen molar-refractivity contribution >= 4 is 33.1 Å². The number of carbonyl (C=O) groups is 1. The monoisotopic (exact) mass is 447 g/mol. The minimum Gasteiger partial charge on any atom is -0.325 e. The molecule has 0 saturated carbocycles. The molecule has 0 unspecified atom stereocenters. The first-order chi connectivity index (χ1) is 15.5. The van der Waals surface area contributed by atoms with Crippen LogP contribution in [-0.2, 0) is 17.8 Å². The number of rotatable bonds is 7. The van der Waals surface area contributed by atoms with Crippen molar-refractivity contribution in [3.63, 3.8) is 0 Å². The van der Waals surface area contributed by atoms with E-state index in [-0.39, 0.29) is 18.0 Å². The summed E-state index contributed by atoms with van der Waals surface area (Å²) in [5, 5.41) is 4.62. The summed E-state index contributed by atoms with van der Waals surface area (Å²) in [6.07, 6.45) is 3.27. The Balaban J connectivity index is 1.67. The number of unbranched alkanes of at least 4 members (excludes halogenated alkanes) is 1. The summed E-state index contributed by atoms with van der Waals surface area (Å²) in [6, 6.07) is 16.7. The zero-order valence-corrected chi connectivity index (χ0v) is 18.9. The molecular weight excluding hydrogens is 422 g/mol. The third kappa shape index (κ3) is 4.29. The Kier molecular flexibility index (Phi) is 6.37. The summed E-state index contributed by atoms with van der Waals surface area (Å²) in [7, 11) is 0. The molecule has 164 valence electrons. The fourth-order valence-corrected chi connectivity index (χ4v) is 4.57. The Morgan fingerprint density at radius 1 is 1.03 bits per heavy atom. The maximum Gasteiger partial charge on any atom is 0.336 e. The topological polar surface area (TPSA) is 73.1 Å². The van der Waals surface area contributed by atoms with E-state index in [2.05, 4.69) is 12.2 Å². The third-order valence-electron chi connectivity index (χ3n) is 5.47. The van der Waals surface area contributed by atoms with Gasteiger partial charge in [0.2, 0.25) is 5.91 Å². The minimum absolute atomic E-state index is 0.185. The normalized spacial score (nSPS) is 11.1. The average molecular weight is 448 g/mol. The van der Waals surface area contributed by atoms with Crippen LogP contribution in [0.25, 0.3) is 15.9 Å². The Morgan fingerprint density at radius 2 is 1.78 bits per heavy atom. The summed E-state index contributed by atoms with van der Waals surface area (Å²) < 4.78 is 2.97. The van der Waals surface area contributed by atoms with Gasteiger partial charge in [0, 0.05) is 5.69 Å². The Labute approximate surface area is 189 Å². The van der Waals surface area contributed by atoms with Crippen molar-refractivity contribution < 1.29 is 4.79 Å². The summed E-state index contributed by atoms with van der Waals surface area (Å²) in [6.45, 7) is 3.82. The molecule has 1 N–H and O–H groups in total. The molecule has 4 rings (SSSR count). The van der Waals surface area contributed by atoms with Crippen LogP contribution in [0.5, 0.6) is 0 Å². The standard InChI is InChI=1S/C25H25N3O3S/c1-3-4-8-18-10-12-19(13-11-18)26-22(29)16-27-21-14-15-32-23(21)24(30)28(25(27)31)20-9-6-5-7-17(20)2/h5-7,9-15H,3-4,8,16H2,1-2H3,(H,26,29). The van der Waals surface area contributed by atoms with E-state index in [0.717, 1.165) is 29.4 Å². The molecule has 2 aromatic heterocycles. The highest BCUT2D eigenvalue weighted by atomic mass is 32.1. The number of hydrogen-bond acceptors (Lipinski definition) is 4. The Bertz CT molecular complexity index is 1380. The molecule has 32 heavy (non-hydrogen) atoms. The maximum absolute atomic E-state index is 13.3. The lowest BCUT2D eigenvalue weighted by molar-refractivity contribution is -0.116. The summed E-state index contributed by atoms with van der Waals surface area (Å²) >= 11 is 1.27. The highest BCUT2D eigenvalue weighted by Gasteiger charge is 2.18. The molecule has 0 spiro atoms. The van der Waals surface area contributed by atoms with Gasteiger partial charge in [-0.2, -0.15) is 0 Å². The number of carbonyl (C=O) groups excluding carboxylic acids is 1. The van der Waals surface area contributed by atoms with Crippen LogP contribution >= 0.6 is 11.3 Å². The van der Waals surface area contributed by atoms with Crippen molar-refractivity contribution in [2.75, 3.05) is 5.32 Å². The summed E-state index contributed by atoms with van der Waals surface area (Å²) in [5.74, 6) is -0.323. The maximum atomic E-state index is 13.3. The number of amides is 1. The first kappa shape index (κ1) is 21.8. The van der Waals surface area contributed by atoms with Crippen LogP contribution < -0.4 is 16.6 Å². The molecule has 4 aromatic rings. The predicted octanol–water partition coefficient (Wildman–Crippen LogP) is 4.50. The predicted molar refractivity (Wildman–Crippen MR) is 130 cm³/mol. The zero-order chi connectivity index (χ0) is 22.7. The van der Waals surface area contributed by atoms with E-state index in [1.807, 2.05) is 43.3 Å². The minimum atomic E-state index is -0.528. The van der Waals surface area contributed by atoms with Gasteiger partial charge in [-0.1, -0.05) is 43.7 Å². The SMILES string of the molecule is CCCCc1ccc(NC(=O)Cn2c(=O)n(-c3ccccc3C)c(=O)c3sccc32)cc1. The first-order valence-corrected chi connectivity index (χ1v) is 11.6. The zero-order valence-electron chi connectivity index (χ0n) is 18.1. The molecule has 7 heteroatoms. The highest BCUT2D eigenvalue weighted by molar-refractivity contribution is 7.17. The van der Waals surface area contributed by atoms with Crippen molar-refractivity contribution in [3.05, 3.63) is 91.9 Å². The molecule has 6 nitrogen and oxygen atoms in total. The number of nitrogens with one attached hydrogen (secondary N) is 1. The molecule has 0 fully saturated rings. The largest absolute Gasteiger partial charge is 0.336 e. The van der Waals surface area contributed by atoms with Gasteiger partial charge in [0.1, 0.15) is 11.2 Å². The fraction of sp³-hybridized carbons (Fsp3) is 0.240. The van der Waals surface area contributed by atoms with Crippen LogP contribution in [0.4, 0.5) is 5.69 Å². The van der Waals surface area contributed by atoms with E-state index in [9.17, 15) is 14.4 Å². The Hall–Kier alpha value is -3.45. The van der Waals surface area contributed by atoms with Crippen LogP contribution in [0, 0.1) is 6.92 Å². The van der Waals surface area contributed by atoms with E-state index in [1.165, 1.54) is 21.5 Å². The van der Waals surface area contributed by atoms with Crippen molar-refractivity contribution in [2.45, 2.75) is 39.7 Å². The number of aromatic nitrogens is 2. The van der Waals surface area contributed by atoms with Crippen molar-refractivity contribution in [1.29, 1.82) is 0 Å². The lowest BCUT2D eigenvalue weighted by atomic mass is 10.1. The quantitative estimate of drug-likeness (QED) is 0.453. The number of anilines is 1. The molecular formula is C25H25N3O3S. The van der Waals surface area contributed by atoms with Gasteiger partial charge in [0.05, 0.1) is 11.2 Å². The van der Waals surface area contributed by atoms with Gasteiger partial charge in [-0.25, -0.2) is 9.36 Å². The molecule has 0 aliphatic rings. The van der Waals surface area contributed by atoms with Gasteiger partial charge in [-0.15, -0.1) is 11.3 Å². The molecule has 0 aliphatic carbocycles. The first-order valence-electron chi connectivity index (χ1n) is 10.7. The van der Waals surface area contributed by atoms with E-state index >= 15 is 0 Å². The smallest absolute Gasteiger partial charge is 0.325 e. The van der Waals surface area contributed by atoms with Gasteiger partial charge in [-0.3, -0.25) is 14.2 Å². The van der Waals surface area contributed by atoms with Crippen molar-refractivity contribution in [1.82, 2.24) is 9.13 Å². The van der Waals surface area contributed by atoms with Crippen LogP contribution in [0.1, 0.15) is 30.9 Å². The van der Waals surface area contributed by atoms with E-state index in [1.54, 1.807) is 23.6 Å². The molecule has 2 heterocycles. The fourth-order valence-electron chi connectivity index (χ4n) is 3.75. The number of aryl methyl sites for hydroxylation is 2. The van der Waals surface area contributed by atoms with Gasteiger partial charge in [0.15, 0.2) is 0 Å². The molecule has 0 atom stereocenters. The van der Waals surface area contributed by atoms with Gasteiger partial charge >= 0.3 is 5.69 Å². The number of hydrogen-bond donors (Lipinski definition) is 1. The summed E-state index contributed by atoms with van der Waals surface area (Å²) in [5.41, 5.74) is 2.81. The second-order valence-corrected chi connectivity index (χ2v) is 8.70. The number of benzene rings is 2. The van der Waals surface area contributed by atoms with Crippen LogP contribution in [-0.4, -0.2) is 15.0 Å². The third-order valence-corrected chi connectivity index (χ3v) is 6.36. The van der Waals surface area contributed by atoms with Crippen molar-refractivity contribution in [2.24, 2.45) is 0 Å².